The van der Waals surface area contributed by atoms with E-state index in [0.29, 0.717) is 15.9 Å². The first-order valence-electron chi connectivity index (χ1n) is 8.44. The van der Waals surface area contributed by atoms with Gasteiger partial charge in [0.05, 0.1) is 10.2 Å². The van der Waals surface area contributed by atoms with Crippen LogP contribution in [0.1, 0.15) is 16.1 Å². The van der Waals surface area contributed by atoms with E-state index in [9.17, 15) is 4.79 Å². The van der Waals surface area contributed by atoms with Crippen molar-refractivity contribution in [3.63, 3.8) is 0 Å². The summed E-state index contributed by atoms with van der Waals surface area (Å²) >= 11 is 16.2. The number of nitrogens with one attached hydrogen (secondary N) is 2. The summed E-state index contributed by atoms with van der Waals surface area (Å²) in [6.45, 7) is 1.94. The summed E-state index contributed by atoms with van der Waals surface area (Å²) in [6.07, 6.45) is 0. The van der Waals surface area contributed by atoms with Gasteiger partial charge in [-0.2, -0.15) is 0 Å². The van der Waals surface area contributed by atoms with Gasteiger partial charge in [0.25, 0.3) is 5.91 Å². The van der Waals surface area contributed by atoms with E-state index in [4.69, 9.17) is 28.2 Å². The van der Waals surface area contributed by atoms with Crippen molar-refractivity contribution in [3.05, 3.63) is 69.3 Å². The molecule has 9 heteroatoms. The molecule has 0 aliphatic carbocycles. The highest BCUT2D eigenvalue weighted by atomic mass is 79.9. The topological polar surface area (TPSA) is 67.2 Å². The van der Waals surface area contributed by atoms with E-state index in [2.05, 4.69) is 31.5 Å². The normalized spacial score (nSPS) is 10.9. The maximum Gasteiger partial charge on any atom is 0.293 e. The van der Waals surface area contributed by atoms with Crippen LogP contribution in [0.15, 0.2) is 57.4 Å². The Labute approximate surface area is 189 Å². The number of fused-ring (bicyclic) bond motifs is 1. The minimum Gasteiger partial charge on any atom is -0.451 e. The van der Waals surface area contributed by atoms with E-state index in [1.807, 2.05) is 43.3 Å². The molecule has 4 aromatic rings. The highest BCUT2D eigenvalue weighted by Crippen LogP contribution is 2.30. The van der Waals surface area contributed by atoms with Crippen LogP contribution in [0.4, 0.5) is 5.13 Å². The second-order valence-electron chi connectivity index (χ2n) is 6.17. The first-order valence-corrected chi connectivity index (χ1v) is 10.8. The lowest BCUT2D eigenvalue weighted by Gasteiger charge is -2.05. The molecule has 0 spiro atoms. The Morgan fingerprint density at radius 2 is 1.97 bits per heavy atom. The molecular formula is C20H13BrClN3O2S2. The van der Waals surface area contributed by atoms with Crippen LogP contribution in [0, 0.1) is 6.92 Å². The third kappa shape index (κ3) is 4.51. The Balaban J connectivity index is 1.43. The van der Waals surface area contributed by atoms with Gasteiger partial charge >= 0.3 is 0 Å². The third-order valence-electron chi connectivity index (χ3n) is 4.07. The lowest BCUT2D eigenvalue weighted by atomic mass is 10.2. The first kappa shape index (κ1) is 20.0. The predicted molar refractivity (Wildman–Crippen MR) is 125 cm³/mol. The third-order valence-corrected chi connectivity index (χ3v) is 6.15. The average Bonchev–Trinajstić information content (AvgIpc) is 3.30. The van der Waals surface area contributed by atoms with Crippen molar-refractivity contribution in [1.29, 1.82) is 0 Å². The number of rotatable bonds is 3. The van der Waals surface area contributed by atoms with E-state index in [1.54, 1.807) is 12.1 Å². The Bertz CT molecular complexity index is 1200. The monoisotopic (exact) mass is 505 g/mol. The summed E-state index contributed by atoms with van der Waals surface area (Å²) in [5, 5.41) is 6.90. The molecule has 0 fully saturated rings. The number of aromatic nitrogens is 1. The molecule has 146 valence electrons. The molecule has 2 N–H and O–H groups in total. The number of hydrogen-bond acceptors (Lipinski definition) is 5. The first-order chi connectivity index (χ1) is 13.9. The number of carbonyl (C=O) groups is 1. The Kier molecular flexibility index (Phi) is 5.69. The Morgan fingerprint density at radius 3 is 2.72 bits per heavy atom. The van der Waals surface area contributed by atoms with Crippen molar-refractivity contribution in [1.82, 2.24) is 10.3 Å². The highest BCUT2D eigenvalue weighted by Gasteiger charge is 2.15. The number of thiazole rings is 1. The highest BCUT2D eigenvalue weighted by molar-refractivity contribution is 9.10. The lowest BCUT2D eigenvalue weighted by molar-refractivity contribution is 0.0951. The lowest BCUT2D eigenvalue weighted by Crippen LogP contribution is -2.33. The quantitative estimate of drug-likeness (QED) is 0.314. The number of thiocarbonyl (C=S) groups is 1. The molecule has 0 saturated heterocycles. The van der Waals surface area contributed by atoms with E-state index in [0.717, 1.165) is 25.8 Å². The molecule has 0 aliphatic rings. The molecular weight excluding hydrogens is 494 g/mol. The predicted octanol–water partition coefficient (Wildman–Crippen LogP) is 6.41. The number of aryl methyl sites for hydroxylation is 1. The molecule has 0 saturated carbocycles. The summed E-state index contributed by atoms with van der Waals surface area (Å²) in [4.78, 5) is 16.9. The van der Waals surface area contributed by atoms with Crippen LogP contribution in [0.2, 0.25) is 5.02 Å². The zero-order valence-electron chi connectivity index (χ0n) is 15.0. The number of nitrogens with zero attached hydrogens (tertiary/aromatic N) is 1. The van der Waals surface area contributed by atoms with Gasteiger partial charge in [-0.3, -0.25) is 10.1 Å². The van der Waals surface area contributed by atoms with Crippen molar-refractivity contribution in [2.75, 3.05) is 5.32 Å². The molecule has 5 nitrogen and oxygen atoms in total. The van der Waals surface area contributed by atoms with Gasteiger partial charge in [0.1, 0.15) is 5.76 Å². The van der Waals surface area contributed by atoms with Gasteiger partial charge in [0, 0.05) is 15.1 Å². The van der Waals surface area contributed by atoms with E-state index < -0.39 is 5.91 Å². The fourth-order valence-corrected chi connectivity index (χ4v) is 4.25. The Morgan fingerprint density at radius 1 is 1.21 bits per heavy atom. The molecule has 2 heterocycles. The van der Waals surface area contributed by atoms with Crippen LogP contribution in [0.25, 0.3) is 21.5 Å². The molecule has 29 heavy (non-hydrogen) atoms. The number of carbonyl (C=O) groups excluding carboxylic acids is 1. The maximum atomic E-state index is 12.4. The number of benzene rings is 2. The van der Waals surface area contributed by atoms with Crippen molar-refractivity contribution in [2.45, 2.75) is 6.92 Å². The number of halogens is 2. The SMILES string of the molecule is Cc1cc2sc(NC(=S)NC(=O)c3ccc(-c4ccc(Br)cc4)o3)nc2cc1Cl. The number of amides is 1. The van der Waals surface area contributed by atoms with Crippen LogP contribution in [-0.2, 0) is 0 Å². The fourth-order valence-electron chi connectivity index (χ4n) is 2.63. The van der Waals surface area contributed by atoms with Crippen LogP contribution in [0.3, 0.4) is 0 Å². The zero-order chi connectivity index (χ0) is 20.5. The van der Waals surface area contributed by atoms with Crippen LogP contribution in [0.5, 0.6) is 0 Å². The minimum absolute atomic E-state index is 0.137. The smallest absolute Gasteiger partial charge is 0.293 e. The molecule has 2 aromatic carbocycles. The van der Waals surface area contributed by atoms with Crippen molar-refractivity contribution in [3.8, 4) is 11.3 Å². The van der Waals surface area contributed by atoms with Crippen molar-refractivity contribution in [2.24, 2.45) is 0 Å². The van der Waals surface area contributed by atoms with Gasteiger partial charge in [-0.05, 0) is 61.1 Å². The second-order valence-corrected chi connectivity index (χ2v) is 8.93. The number of hydrogen-bond donors (Lipinski definition) is 2. The van der Waals surface area contributed by atoms with Gasteiger partial charge in [0.2, 0.25) is 0 Å². The van der Waals surface area contributed by atoms with Crippen LogP contribution < -0.4 is 10.6 Å². The van der Waals surface area contributed by atoms with Gasteiger partial charge in [0.15, 0.2) is 16.0 Å². The largest absolute Gasteiger partial charge is 0.451 e. The molecule has 0 bridgehead atoms. The summed E-state index contributed by atoms with van der Waals surface area (Å²) in [5.74, 6) is 0.324. The van der Waals surface area contributed by atoms with Gasteiger partial charge in [-0.15, -0.1) is 0 Å². The van der Waals surface area contributed by atoms with Crippen molar-refractivity contribution >= 4 is 77.5 Å². The molecule has 4 rings (SSSR count). The molecule has 2 aromatic heterocycles. The zero-order valence-corrected chi connectivity index (χ0v) is 18.9. The molecule has 1 amide bonds. The number of anilines is 1. The van der Waals surface area contributed by atoms with E-state index in [1.165, 1.54) is 11.3 Å². The van der Waals surface area contributed by atoms with E-state index in [-0.39, 0.29) is 10.9 Å². The second kappa shape index (κ2) is 8.23. The molecule has 0 radical (unpaired) electrons. The van der Waals surface area contributed by atoms with Crippen LogP contribution in [-0.4, -0.2) is 16.0 Å². The summed E-state index contributed by atoms with van der Waals surface area (Å²) in [6, 6.07) is 14.7. The van der Waals surface area contributed by atoms with Gasteiger partial charge in [-0.25, -0.2) is 4.98 Å². The van der Waals surface area contributed by atoms with Crippen LogP contribution >= 0.6 is 51.1 Å². The molecule has 0 aliphatic heterocycles. The van der Waals surface area contributed by atoms with Gasteiger partial charge in [-0.1, -0.05) is 51.0 Å². The standard InChI is InChI=1S/C20H13BrClN3O2S2/c1-10-8-17-14(9-13(10)22)23-20(29-17)25-19(28)24-18(26)16-7-6-15(27-16)11-2-4-12(21)5-3-11/h2-9H,1H3,(H2,23,24,25,26,28). The maximum absolute atomic E-state index is 12.4. The average molecular weight is 507 g/mol. The van der Waals surface area contributed by atoms with E-state index >= 15 is 0 Å². The fraction of sp³-hybridized carbons (Fsp3) is 0.0500. The summed E-state index contributed by atoms with van der Waals surface area (Å²) in [5.41, 5.74) is 2.62. The number of furan rings is 1. The summed E-state index contributed by atoms with van der Waals surface area (Å²) < 4.78 is 7.60. The van der Waals surface area contributed by atoms with Gasteiger partial charge < -0.3 is 9.73 Å². The Hall–Kier alpha value is -2.26. The molecule has 0 atom stereocenters. The summed E-state index contributed by atoms with van der Waals surface area (Å²) in [7, 11) is 0. The van der Waals surface area contributed by atoms with Crippen molar-refractivity contribution < 1.29 is 9.21 Å². The minimum atomic E-state index is -0.439. The molecule has 0 unspecified atom stereocenters.